The van der Waals surface area contributed by atoms with Crippen molar-refractivity contribution in [1.29, 1.82) is 0 Å². The molecule has 0 radical (unpaired) electrons. The standard InChI is InChI=1S/C26H33NO3S/c1-26(2)18-14-17(10-6-4-5-7-13-23(28)30-3)24(21(26)15-18)27-25(29)20-16-31-22-12-9-8-11-19(20)22/h4,6,8-9,11-12,16-18,21,24H,5,7,10,13-15H2,1-3H3,(H,27,29)/b6-4-/t17-,18+,21+,24+/m0/s1. The van der Waals surface area contributed by atoms with E-state index in [0.29, 0.717) is 23.7 Å². The molecular formula is C26H33NO3S. The number of benzene rings is 1. The van der Waals surface area contributed by atoms with Crippen LogP contribution in [0.15, 0.2) is 41.8 Å². The van der Waals surface area contributed by atoms with Gasteiger partial charge < -0.3 is 10.1 Å². The van der Waals surface area contributed by atoms with Gasteiger partial charge in [0.15, 0.2) is 0 Å². The number of unbranched alkanes of at least 4 members (excludes halogenated alkanes) is 1. The number of amides is 1. The van der Waals surface area contributed by atoms with E-state index in [4.69, 9.17) is 4.74 Å². The van der Waals surface area contributed by atoms with Crippen molar-refractivity contribution in [2.24, 2.45) is 23.2 Å². The summed E-state index contributed by atoms with van der Waals surface area (Å²) in [6.45, 7) is 4.73. The van der Waals surface area contributed by atoms with E-state index in [-0.39, 0.29) is 17.9 Å². The van der Waals surface area contributed by atoms with Gasteiger partial charge in [-0.15, -0.1) is 11.3 Å². The third kappa shape index (κ3) is 4.43. The zero-order valence-electron chi connectivity index (χ0n) is 18.7. The van der Waals surface area contributed by atoms with E-state index in [1.807, 2.05) is 23.6 Å². The minimum atomic E-state index is -0.147. The van der Waals surface area contributed by atoms with Crippen LogP contribution in [0, 0.1) is 23.2 Å². The lowest BCUT2D eigenvalue weighted by Crippen LogP contribution is -2.63. The zero-order valence-corrected chi connectivity index (χ0v) is 19.5. The summed E-state index contributed by atoms with van der Waals surface area (Å²) in [6.07, 6.45) is 9.98. The summed E-state index contributed by atoms with van der Waals surface area (Å²) >= 11 is 1.64. The van der Waals surface area contributed by atoms with Crippen molar-refractivity contribution >= 4 is 33.3 Å². The van der Waals surface area contributed by atoms with Gasteiger partial charge in [-0.3, -0.25) is 9.59 Å². The molecule has 2 aromatic rings. The zero-order chi connectivity index (χ0) is 22.0. The number of carbonyl (C=O) groups excluding carboxylic acids is 2. The Balaban J connectivity index is 1.41. The first-order valence-corrected chi connectivity index (χ1v) is 12.3. The minimum Gasteiger partial charge on any atom is -0.469 e. The number of fused-ring (bicyclic) bond motifs is 3. The molecule has 0 aliphatic heterocycles. The maximum atomic E-state index is 13.2. The first kappa shape index (κ1) is 22.1. The van der Waals surface area contributed by atoms with Crippen molar-refractivity contribution < 1.29 is 14.3 Å². The molecule has 0 saturated heterocycles. The van der Waals surface area contributed by atoms with Crippen molar-refractivity contribution in [3.05, 3.63) is 47.4 Å². The number of thiophene rings is 1. The SMILES string of the molecule is COC(=O)CCC/C=C\C[C@H]1C[C@@H]2C[C@H]([C@@H]1NC(=O)c1csc3ccccc13)C2(C)C. The first-order chi connectivity index (χ1) is 14.9. The quantitative estimate of drug-likeness (QED) is 0.313. The second-order valence-electron chi connectivity index (χ2n) is 9.68. The third-order valence-electron chi connectivity index (χ3n) is 7.68. The molecule has 4 nitrogen and oxygen atoms in total. The van der Waals surface area contributed by atoms with Crippen molar-refractivity contribution in [3.63, 3.8) is 0 Å². The number of esters is 1. The second kappa shape index (κ2) is 9.15. The van der Waals surface area contributed by atoms with Crippen LogP contribution >= 0.6 is 11.3 Å². The molecule has 1 aromatic carbocycles. The normalized spacial score (nSPS) is 26.5. The first-order valence-electron chi connectivity index (χ1n) is 11.4. The van der Waals surface area contributed by atoms with Crippen LogP contribution in [-0.2, 0) is 9.53 Å². The van der Waals surface area contributed by atoms with Crippen LogP contribution < -0.4 is 5.32 Å². The Bertz CT molecular complexity index is 976. The lowest BCUT2D eigenvalue weighted by Gasteiger charge is -2.62. The fourth-order valence-corrected chi connectivity index (χ4v) is 6.55. The average molecular weight is 440 g/mol. The van der Waals surface area contributed by atoms with E-state index < -0.39 is 0 Å². The number of hydrogen-bond donors (Lipinski definition) is 1. The number of ether oxygens (including phenoxy) is 1. The lowest BCUT2D eigenvalue weighted by molar-refractivity contribution is -0.140. The number of allylic oxidation sites excluding steroid dienone is 2. The van der Waals surface area contributed by atoms with Gasteiger partial charge in [-0.25, -0.2) is 0 Å². The van der Waals surface area contributed by atoms with Gasteiger partial charge in [0, 0.05) is 27.9 Å². The Morgan fingerprint density at radius 1 is 1.23 bits per heavy atom. The number of rotatable bonds is 8. The summed E-state index contributed by atoms with van der Waals surface area (Å²) < 4.78 is 5.85. The van der Waals surface area contributed by atoms with Gasteiger partial charge in [-0.2, -0.15) is 0 Å². The highest BCUT2D eigenvalue weighted by atomic mass is 32.1. The summed E-state index contributed by atoms with van der Waals surface area (Å²) in [5.74, 6) is 1.69. The molecule has 1 aromatic heterocycles. The topological polar surface area (TPSA) is 55.4 Å². The molecule has 4 atom stereocenters. The van der Waals surface area contributed by atoms with Crippen LogP contribution in [0.2, 0.25) is 0 Å². The van der Waals surface area contributed by atoms with E-state index in [0.717, 1.165) is 40.8 Å². The molecule has 1 amide bonds. The fraction of sp³-hybridized carbons (Fsp3) is 0.538. The molecule has 0 spiro atoms. The Kier molecular flexibility index (Phi) is 6.52. The number of nitrogens with one attached hydrogen (secondary N) is 1. The Morgan fingerprint density at radius 2 is 2.03 bits per heavy atom. The summed E-state index contributed by atoms with van der Waals surface area (Å²) in [4.78, 5) is 24.5. The van der Waals surface area contributed by atoms with Gasteiger partial charge in [0.05, 0.1) is 12.7 Å². The molecule has 31 heavy (non-hydrogen) atoms. The van der Waals surface area contributed by atoms with Gasteiger partial charge >= 0.3 is 5.97 Å². The maximum Gasteiger partial charge on any atom is 0.305 e. The monoisotopic (exact) mass is 439 g/mol. The highest BCUT2D eigenvalue weighted by molar-refractivity contribution is 7.17. The van der Waals surface area contributed by atoms with Crippen molar-refractivity contribution in [2.75, 3.05) is 7.11 Å². The molecule has 3 saturated carbocycles. The number of methoxy groups -OCH3 is 1. The van der Waals surface area contributed by atoms with Crippen molar-refractivity contribution in [2.45, 2.75) is 58.4 Å². The van der Waals surface area contributed by atoms with Crippen molar-refractivity contribution in [1.82, 2.24) is 5.32 Å². The van der Waals surface area contributed by atoms with Crippen LogP contribution in [0.5, 0.6) is 0 Å². The number of carbonyl (C=O) groups is 2. The van der Waals surface area contributed by atoms with Crippen LogP contribution in [0.25, 0.3) is 10.1 Å². The molecule has 1 heterocycles. The van der Waals surface area contributed by atoms with E-state index >= 15 is 0 Å². The average Bonchev–Trinajstić information content (AvgIpc) is 3.20. The highest BCUT2D eigenvalue weighted by Crippen LogP contribution is 2.61. The molecule has 0 unspecified atom stereocenters. The van der Waals surface area contributed by atoms with E-state index in [2.05, 4.69) is 37.4 Å². The summed E-state index contributed by atoms with van der Waals surface area (Å²) in [5.41, 5.74) is 1.10. The summed E-state index contributed by atoms with van der Waals surface area (Å²) in [7, 11) is 1.43. The fourth-order valence-electron chi connectivity index (χ4n) is 5.61. The largest absolute Gasteiger partial charge is 0.469 e. The minimum absolute atomic E-state index is 0.0654. The highest BCUT2D eigenvalue weighted by Gasteiger charge is 2.57. The smallest absolute Gasteiger partial charge is 0.305 e. The molecule has 3 aliphatic carbocycles. The molecule has 3 aliphatic rings. The molecule has 3 fully saturated rings. The maximum absolute atomic E-state index is 13.2. The van der Waals surface area contributed by atoms with E-state index in [1.165, 1.54) is 20.0 Å². The Morgan fingerprint density at radius 3 is 2.81 bits per heavy atom. The summed E-state index contributed by atoms with van der Waals surface area (Å²) in [6, 6.07) is 8.35. The van der Waals surface area contributed by atoms with Crippen LogP contribution in [0.4, 0.5) is 0 Å². The van der Waals surface area contributed by atoms with Crippen LogP contribution in [0.1, 0.15) is 62.7 Å². The van der Waals surface area contributed by atoms with Gasteiger partial charge in [0.25, 0.3) is 5.91 Å². The molecule has 5 rings (SSSR count). The predicted octanol–water partition coefficient (Wildman–Crippen LogP) is 5.97. The third-order valence-corrected chi connectivity index (χ3v) is 8.65. The molecule has 2 bridgehead atoms. The van der Waals surface area contributed by atoms with Crippen LogP contribution in [0.3, 0.4) is 0 Å². The Hall–Kier alpha value is -2.14. The predicted molar refractivity (Wildman–Crippen MR) is 126 cm³/mol. The van der Waals surface area contributed by atoms with Gasteiger partial charge in [-0.1, -0.05) is 44.2 Å². The Labute approximate surface area is 189 Å². The molecular weight excluding hydrogens is 406 g/mol. The molecule has 5 heteroatoms. The van der Waals surface area contributed by atoms with Crippen LogP contribution in [-0.4, -0.2) is 25.0 Å². The summed E-state index contributed by atoms with van der Waals surface area (Å²) in [5, 5.41) is 6.50. The molecule has 166 valence electrons. The van der Waals surface area contributed by atoms with E-state index in [9.17, 15) is 9.59 Å². The number of hydrogen-bond acceptors (Lipinski definition) is 4. The van der Waals surface area contributed by atoms with Gasteiger partial charge in [0.1, 0.15) is 0 Å². The molecule has 1 N–H and O–H groups in total. The van der Waals surface area contributed by atoms with Crippen molar-refractivity contribution in [3.8, 4) is 0 Å². The van der Waals surface area contributed by atoms with Gasteiger partial charge in [-0.05, 0) is 61.3 Å². The van der Waals surface area contributed by atoms with Gasteiger partial charge in [0.2, 0.25) is 0 Å². The second-order valence-corrected chi connectivity index (χ2v) is 10.6. The van der Waals surface area contributed by atoms with E-state index in [1.54, 1.807) is 11.3 Å². The lowest BCUT2D eigenvalue weighted by atomic mass is 9.44.